The predicted octanol–water partition coefficient (Wildman–Crippen LogP) is 4.49. The van der Waals surface area contributed by atoms with Gasteiger partial charge in [-0.2, -0.15) is 10.1 Å². The van der Waals surface area contributed by atoms with Crippen LogP contribution in [0, 0.1) is 0 Å². The van der Waals surface area contributed by atoms with Crippen molar-refractivity contribution in [3.63, 3.8) is 0 Å². The first kappa shape index (κ1) is 23.7. The molecule has 0 radical (unpaired) electrons. The fourth-order valence-corrected chi connectivity index (χ4v) is 3.72. The van der Waals surface area contributed by atoms with Gasteiger partial charge < -0.3 is 19.5 Å². The number of hydrazone groups is 1. The first-order chi connectivity index (χ1) is 17.0. The van der Waals surface area contributed by atoms with Gasteiger partial charge in [0.25, 0.3) is 5.91 Å². The quantitative estimate of drug-likeness (QED) is 0.516. The molecule has 9 heteroatoms. The Balaban J connectivity index is 1.57. The van der Waals surface area contributed by atoms with Crippen molar-refractivity contribution in [3.8, 4) is 11.5 Å². The second-order valence-corrected chi connectivity index (χ2v) is 7.78. The molecule has 0 bridgehead atoms. The number of rotatable bonds is 8. The first-order valence-corrected chi connectivity index (χ1v) is 11.1. The summed E-state index contributed by atoms with van der Waals surface area (Å²) in [6.45, 7) is 2.10. The Hall–Kier alpha value is -4.40. The first-order valence-electron chi connectivity index (χ1n) is 11.1. The lowest BCUT2D eigenvalue weighted by atomic mass is 10.0. The number of benzene rings is 2. The number of carbonyl (C=O) groups is 2. The number of hydrogen-bond acceptors (Lipinski definition) is 7. The van der Waals surface area contributed by atoms with E-state index in [0.29, 0.717) is 34.9 Å². The summed E-state index contributed by atoms with van der Waals surface area (Å²) in [4.78, 5) is 29.1. The molecule has 2 aromatic carbocycles. The lowest BCUT2D eigenvalue weighted by Gasteiger charge is -2.29. The lowest BCUT2D eigenvalue weighted by molar-refractivity contribution is 0.0712. The molecule has 180 valence electrons. The summed E-state index contributed by atoms with van der Waals surface area (Å²) in [7, 11) is 3.13. The van der Waals surface area contributed by atoms with E-state index >= 15 is 0 Å². The zero-order chi connectivity index (χ0) is 24.8. The van der Waals surface area contributed by atoms with Crippen LogP contribution in [0.5, 0.6) is 11.5 Å². The van der Waals surface area contributed by atoms with Gasteiger partial charge in [-0.15, -0.1) is 0 Å². The van der Waals surface area contributed by atoms with Gasteiger partial charge in [0.15, 0.2) is 11.5 Å². The molecule has 0 spiro atoms. The minimum absolute atomic E-state index is 0.172. The second-order valence-electron chi connectivity index (χ2n) is 7.78. The Kier molecular flexibility index (Phi) is 7.25. The van der Waals surface area contributed by atoms with Crippen molar-refractivity contribution in [1.82, 2.24) is 9.99 Å². The lowest BCUT2D eigenvalue weighted by Crippen LogP contribution is -2.41. The van der Waals surface area contributed by atoms with Gasteiger partial charge in [-0.1, -0.05) is 19.1 Å². The number of carbonyl (C=O) groups excluding carboxylic acids is 2. The van der Waals surface area contributed by atoms with E-state index in [1.165, 1.54) is 5.01 Å². The molecule has 1 aliphatic heterocycles. The van der Waals surface area contributed by atoms with Crippen LogP contribution in [0.2, 0.25) is 0 Å². The maximum absolute atomic E-state index is 12.7. The number of pyridine rings is 1. The highest BCUT2D eigenvalue weighted by atomic mass is 16.6. The van der Waals surface area contributed by atoms with E-state index in [1.54, 1.807) is 63.0 Å². The Morgan fingerprint density at radius 1 is 1.06 bits per heavy atom. The summed E-state index contributed by atoms with van der Waals surface area (Å²) in [6.07, 6.45) is 2.68. The molecule has 2 heterocycles. The molecule has 1 aromatic heterocycles. The molecule has 3 aromatic rings. The summed E-state index contributed by atoms with van der Waals surface area (Å²) in [5.41, 5.74) is 3.27. The van der Waals surface area contributed by atoms with Crippen LogP contribution in [0.25, 0.3) is 0 Å². The van der Waals surface area contributed by atoms with E-state index in [4.69, 9.17) is 14.2 Å². The molecule has 1 unspecified atom stereocenters. The van der Waals surface area contributed by atoms with E-state index in [-0.39, 0.29) is 12.5 Å². The Bertz CT molecular complexity index is 1250. The van der Waals surface area contributed by atoms with Crippen molar-refractivity contribution in [1.29, 1.82) is 0 Å². The molecule has 0 saturated carbocycles. The fourth-order valence-electron chi connectivity index (χ4n) is 3.72. The van der Waals surface area contributed by atoms with Gasteiger partial charge >= 0.3 is 6.09 Å². The Labute approximate surface area is 203 Å². The van der Waals surface area contributed by atoms with Crippen LogP contribution >= 0.6 is 0 Å². The molecule has 0 aliphatic carbocycles. The standard InChI is InChI=1S/C26H26N4O5/c1-4-21-24(19-8-9-22(33-2)23(15-19)34-3)29-30(26(32)35-21)16-17-6-5-7-20(14-17)28-25(31)18-10-12-27-13-11-18/h5-15,21H,4,16H2,1-3H3,(H,28,31). The maximum atomic E-state index is 12.7. The highest BCUT2D eigenvalue weighted by Crippen LogP contribution is 2.30. The van der Waals surface area contributed by atoms with E-state index in [9.17, 15) is 9.59 Å². The highest BCUT2D eigenvalue weighted by molar-refractivity contribution is 6.06. The molecule has 1 aliphatic rings. The molecule has 4 rings (SSSR count). The summed E-state index contributed by atoms with van der Waals surface area (Å²) >= 11 is 0. The monoisotopic (exact) mass is 474 g/mol. The van der Waals surface area contributed by atoms with Gasteiger partial charge in [-0.25, -0.2) is 4.79 Å². The van der Waals surface area contributed by atoms with Crippen LogP contribution in [0.15, 0.2) is 72.1 Å². The van der Waals surface area contributed by atoms with Crippen molar-refractivity contribution >= 4 is 23.4 Å². The second kappa shape index (κ2) is 10.7. The summed E-state index contributed by atoms with van der Waals surface area (Å²) in [5.74, 6) is 0.908. The van der Waals surface area contributed by atoms with E-state index in [2.05, 4.69) is 15.4 Å². The third-order valence-corrected chi connectivity index (χ3v) is 5.50. The van der Waals surface area contributed by atoms with Gasteiger partial charge in [0, 0.05) is 29.2 Å². The average molecular weight is 475 g/mol. The zero-order valence-electron chi connectivity index (χ0n) is 19.7. The number of aromatic nitrogens is 1. The average Bonchev–Trinajstić information content (AvgIpc) is 2.89. The number of nitrogens with one attached hydrogen (secondary N) is 1. The minimum atomic E-state index is -0.535. The third kappa shape index (κ3) is 5.40. The predicted molar refractivity (Wildman–Crippen MR) is 131 cm³/mol. The van der Waals surface area contributed by atoms with Gasteiger partial charge in [-0.3, -0.25) is 9.78 Å². The smallest absolute Gasteiger partial charge is 0.431 e. The molecule has 0 fully saturated rings. The molecule has 35 heavy (non-hydrogen) atoms. The van der Waals surface area contributed by atoms with Crippen LogP contribution < -0.4 is 14.8 Å². The van der Waals surface area contributed by atoms with E-state index in [1.807, 2.05) is 25.1 Å². The third-order valence-electron chi connectivity index (χ3n) is 5.50. The maximum Gasteiger partial charge on any atom is 0.431 e. The van der Waals surface area contributed by atoms with Gasteiger partial charge in [0.05, 0.1) is 20.8 Å². The molecule has 9 nitrogen and oxygen atoms in total. The summed E-state index contributed by atoms with van der Waals surface area (Å²) < 4.78 is 16.4. The van der Waals surface area contributed by atoms with Gasteiger partial charge in [-0.05, 0) is 54.4 Å². The summed E-state index contributed by atoms with van der Waals surface area (Å²) in [5, 5.41) is 8.77. The van der Waals surface area contributed by atoms with Gasteiger partial charge in [0.2, 0.25) is 0 Å². The number of ether oxygens (including phenoxy) is 3. The number of anilines is 1. The Morgan fingerprint density at radius 2 is 1.83 bits per heavy atom. The molecule has 1 N–H and O–H groups in total. The van der Waals surface area contributed by atoms with Crippen molar-refractivity contribution in [2.24, 2.45) is 5.10 Å². The van der Waals surface area contributed by atoms with Crippen LogP contribution in [0.1, 0.15) is 34.8 Å². The molecular formula is C26H26N4O5. The van der Waals surface area contributed by atoms with Crippen molar-refractivity contribution in [2.75, 3.05) is 19.5 Å². The number of methoxy groups -OCH3 is 2. The minimum Gasteiger partial charge on any atom is -0.493 e. The van der Waals surface area contributed by atoms with Crippen LogP contribution in [-0.2, 0) is 11.3 Å². The van der Waals surface area contributed by atoms with Crippen LogP contribution in [0.4, 0.5) is 10.5 Å². The number of nitrogens with zero attached hydrogens (tertiary/aromatic N) is 3. The van der Waals surface area contributed by atoms with Crippen molar-refractivity contribution < 1.29 is 23.8 Å². The van der Waals surface area contributed by atoms with Crippen LogP contribution in [-0.4, -0.2) is 48.0 Å². The topological polar surface area (TPSA) is 102 Å². The fraction of sp³-hybridized carbons (Fsp3) is 0.231. The zero-order valence-corrected chi connectivity index (χ0v) is 19.7. The number of cyclic esters (lactones) is 1. The molecule has 2 amide bonds. The molecular weight excluding hydrogens is 448 g/mol. The Morgan fingerprint density at radius 3 is 2.54 bits per heavy atom. The number of hydrogen-bond donors (Lipinski definition) is 1. The van der Waals surface area contributed by atoms with Crippen molar-refractivity contribution in [2.45, 2.75) is 26.0 Å². The largest absolute Gasteiger partial charge is 0.493 e. The highest BCUT2D eigenvalue weighted by Gasteiger charge is 2.31. The number of amides is 2. The van der Waals surface area contributed by atoms with Crippen LogP contribution in [0.3, 0.4) is 0 Å². The van der Waals surface area contributed by atoms with E-state index < -0.39 is 12.2 Å². The van der Waals surface area contributed by atoms with Crippen molar-refractivity contribution in [3.05, 3.63) is 83.7 Å². The summed E-state index contributed by atoms with van der Waals surface area (Å²) in [6, 6.07) is 16.0. The normalized spacial score (nSPS) is 15.2. The molecule has 1 atom stereocenters. The molecule has 0 saturated heterocycles. The SMILES string of the molecule is CCC1OC(=O)N(Cc2cccc(NC(=O)c3ccncc3)c2)N=C1c1ccc(OC)c(OC)c1. The van der Waals surface area contributed by atoms with Gasteiger partial charge in [0.1, 0.15) is 11.8 Å². The van der Waals surface area contributed by atoms with E-state index in [0.717, 1.165) is 11.1 Å².